The monoisotopic (exact) mass is 462 g/mol. The largest absolute Gasteiger partial charge is 0.507 e. The van der Waals surface area contributed by atoms with Gasteiger partial charge in [-0.2, -0.15) is 8.75 Å². The van der Waals surface area contributed by atoms with Gasteiger partial charge in [-0.15, -0.1) is 11.8 Å². The van der Waals surface area contributed by atoms with E-state index in [1.807, 2.05) is 16.7 Å². The molecule has 3 aromatic heterocycles. The number of phenolic OH excluding ortho intramolecular Hbond substituents is 1. The summed E-state index contributed by atoms with van der Waals surface area (Å²) in [5.41, 5.74) is 3.07. The zero-order valence-electron chi connectivity index (χ0n) is 14.2. The van der Waals surface area contributed by atoms with E-state index in [-0.39, 0.29) is 26.8 Å². The standard InChI is InChI=1S/C18H8Cl2N4O3S2/c19-12-6-1-4-9(25)11(16(6)27-18(26)13(12)20)17-24-10(5-28-17)21-8-3-2-7-14(15(8)24)23-29-22-7/h1-4,17,25H,5H2. The minimum Gasteiger partial charge on any atom is -0.507 e. The van der Waals surface area contributed by atoms with Crippen molar-refractivity contribution in [2.24, 2.45) is 0 Å². The molecule has 11 heteroatoms. The topological polar surface area (TPSA) is 94.0 Å². The van der Waals surface area contributed by atoms with Crippen molar-refractivity contribution in [1.29, 1.82) is 0 Å². The summed E-state index contributed by atoms with van der Waals surface area (Å²) in [5, 5.41) is 10.7. The fraction of sp³-hybridized carbons (Fsp3) is 0.111. The van der Waals surface area contributed by atoms with Gasteiger partial charge in [0.15, 0.2) is 0 Å². The van der Waals surface area contributed by atoms with Crippen molar-refractivity contribution in [1.82, 2.24) is 18.3 Å². The molecule has 4 heterocycles. The second kappa shape index (κ2) is 6.09. The molecule has 0 aliphatic carbocycles. The van der Waals surface area contributed by atoms with Gasteiger partial charge in [0.25, 0.3) is 0 Å². The average molecular weight is 463 g/mol. The van der Waals surface area contributed by atoms with E-state index < -0.39 is 5.63 Å². The predicted molar refractivity (Wildman–Crippen MR) is 114 cm³/mol. The van der Waals surface area contributed by atoms with Crippen LogP contribution in [0.25, 0.3) is 33.0 Å². The number of aromatic nitrogens is 4. The van der Waals surface area contributed by atoms with E-state index in [1.165, 1.54) is 6.07 Å². The molecule has 1 aliphatic heterocycles. The number of hydrogen-bond acceptors (Lipinski definition) is 8. The van der Waals surface area contributed by atoms with E-state index >= 15 is 0 Å². The first-order valence-electron chi connectivity index (χ1n) is 8.42. The van der Waals surface area contributed by atoms with Gasteiger partial charge >= 0.3 is 5.63 Å². The molecule has 0 bridgehead atoms. The van der Waals surface area contributed by atoms with Crippen LogP contribution in [0.5, 0.6) is 5.75 Å². The lowest BCUT2D eigenvalue weighted by Gasteiger charge is -2.17. The Balaban J connectivity index is 1.71. The number of imidazole rings is 1. The van der Waals surface area contributed by atoms with Gasteiger partial charge in [-0.1, -0.05) is 23.2 Å². The molecule has 5 aromatic rings. The van der Waals surface area contributed by atoms with Crippen LogP contribution in [-0.4, -0.2) is 23.4 Å². The van der Waals surface area contributed by atoms with Gasteiger partial charge in [0.05, 0.1) is 39.1 Å². The maximum absolute atomic E-state index is 12.2. The Morgan fingerprint density at radius 1 is 1.14 bits per heavy atom. The Morgan fingerprint density at radius 2 is 1.97 bits per heavy atom. The Bertz CT molecular complexity index is 1540. The van der Waals surface area contributed by atoms with Crippen LogP contribution in [-0.2, 0) is 5.75 Å². The van der Waals surface area contributed by atoms with Crippen LogP contribution >= 0.6 is 46.7 Å². The summed E-state index contributed by atoms with van der Waals surface area (Å²) in [6.45, 7) is 0. The molecule has 1 aliphatic rings. The van der Waals surface area contributed by atoms with Gasteiger partial charge in [0.2, 0.25) is 0 Å². The minimum atomic E-state index is -0.749. The molecule has 1 N–H and O–H groups in total. The average Bonchev–Trinajstić information content (AvgIpc) is 3.40. The first kappa shape index (κ1) is 17.5. The number of benzene rings is 2. The number of aromatic hydroxyl groups is 1. The summed E-state index contributed by atoms with van der Waals surface area (Å²) >= 11 is 14.9. The van der Waals surface area contributed by atoms with E-state index in [2.05, 4.69) is 8.75 Å². The van der Waals surface area contributed by atoms with Crippen LogP contribution in [0.2, 0.25) is 10.0 Å². The second-order valence-electron chi connectivity index (χ2n) is 6.52. The van der Waals surface area contributed by atoms with Crippen LogP contribution in [0.4, 0.5) is 0 Å². The second-order valence-corrected chi connectivity index (χ2v) is 8.87. The van der Waals surface area contributed by atoms with Crippen LogP contribution < -0.4 is 5.63 Å². The van der Waals surface area contributed by atoms with Crippen LogP contribution in [0.3, 0.4) is 0 Å². The first-order valence-corrected chi connectivity index (χ1v) is 11.0. The van der Waals surface area contributed by atoms with Crippen molar-refractivity contribution in [2.45, 2.75) is 11.1 Å². The maximum Gasteiger partial charge on any atom is 0.356 e. The Labute approximate surface area is 180 Å². The van der Waals surface area contributed by atoms with Gasteiger partial charge in [-0.25, -0.2) is 9.78 Å². The molecule has 0 amide bonds. The van der Waals surface area contributed by atoms with Crippen molar-refractivity contribution in [3.8, 4) is 5.75 Å². The molecule has 7 nitrogen and oxygen atoms in total. The third kappa shape index (κ3) is 2.32. The summed E-state index contributed by atoms with van der Waals surface area (Å²) in [7, 11) is 0. The highest BCUT2D eigenvalue weighted by Crippen LogP contribution is 2.49. The third-order valence-corrected chi connectivity index (χ3v) is 7.54. The molecular weight excluding hydrogens is 455 g/mol. The molecule has 0 spiro atoms. The molecule has 0 saturated heterocycles. The lowest BCUT2D eigenvalue weighted by atomic mass is 10.1. The molecule has 2 aromatic carbocycles. The van der Waals surface area contributed by atoms with Crippen molar-refractivity contribution in [3.63, 3.8) is 0 Å². The van der Waals surface area contributed by atoms with Crippen molar-refractivity contribution >= 4 is 79.7 Å². The quantitative estimate of drug-likeness (QED) is 0.352. The minimum absolute atomic E-state index is 0.00480. The van der Waals surface area contributed by atoms with Gasteiger partial charge in [-0.05, 0) is 24.3 Å². The first-order chi connectivity index (χ1) is 14.0. The van der Waals surface area contributed by atoms with Crippen molar-refractivity contribution in [3.05, 3.63) is 56.1 Å². The summed E-state index contributed by atoms with van der Waals surface area (Å²) < 4.78 is 16.2. The number of phenols is 1. The van der Waals surface area contributed by atoms with Crippen LogP contribution in [0, 0.1) is 0 Å². The summed E-state index contributed by atoms with van der Waals surface area (Å²) in [5.74, 6) is 1.46. The van der Waals surface area contributed by atoms with Gasteiger partial charge < -0.3 is 14.1 Å². The summed E-state index contributed by atoms with van der Waals surface area (Å²) in [6.07, 6.45) is 0. The molecule has 1 atom stereocenters. The third-order valence-electron chi connectivity index (χ3n) is 4.98. The zero-order chi connectivity index (χ0) is 19.9. The van der Waals surface area contributed by atoms with Crippen LogP contribution in [0.15, 0.2) is 33.5 Å². The number of nitrogens with zero attached hydrogens (tertiary/aromatic N) is 4. The van der Waals surface area contributed by atoms with E-state index in [1.54, 1.807) is 17.8 Å². The fourth-order valence-electron chi connectivity index (χ4n) is 3.73. The number of rotatable bonds is 1. The Hall–Kier alpha value is -2.33. The van der Waals surface area contributed by atoms with Crippen molar-refractivity contribution in [2.75, 3.05) is 0 Å². The lowest BCUT2D eigenvalue weighted by molar-refractivity contribution is 0.462. The molecule has 29 heavy (non-hydrogen) atoms. The Morgan fingerprint density at radius 3 is 2.83 bits per heavy atom. The van der Waals surface area contributed by atoms with E-state index in [0.29, 0.717) is 16.7 Å². The maximum atomic E-state index is 12.2. The molecular formula is C18H8Cl2N4O3S2. The van der Waals surface area contributed by atoms with E-state index in [9.17, 15) is 9.90 Å². The zero-order valence-corrected chi connectivity index (χ0v) is 17.4. The molecule has 6 rings (SSSR count). The van der Waals surface area contributed by atoms with Crippen LogP contribution in [0.1, 0.15) is 16.8 Å². The fourth-order valence-corrected chi connectivity index (χ4v) is 5.91. The number of halogens is 2. The Kier molecular flexibility index (Phi) is 3.68. The van der Waals surface area contributed by atoms with E-state index in [4.69, 9.17) is 32.6 Å². The smallest absolute Gasteiger partial charge is 0.356 e. The molecule has 0 saturated carbocycles. The normalized spacial score (nSPS) is 16.3. The summed E-state index contributed by atoms with van der Waals surface area (Å²) in [6, 6.07) is 6.91. The highest BCUT2D eigenvalue weighted by molar-refractivity contribution is 7.99. The highest BCUT2D eigenvalue weighted by Gasteiger charge is 2.33. The summed E-state index contributed by atoms with van der Waals surface area (Å²) in [4.78, 5) is 16.9. The number of hydrogen-bond donors (Lipinski definition) is 1. The number of fused-ring (bicyclic) bond motifs is 6. The SMILES string of the molecule is O=c1oc2c(C3SCc4nc5ccc6nsnc6c5n43)c(O)ccc2c(Cl)c1Cl. The molecule has 0 fully saturated rings. The molecule has 144 valence electrons. The van der Waals surface area contributed by atoms with E-state index in [0.717, 1.165) is 39.6 Å². The molecule has 1 unspecified atom stereocenters. The lowest BCUT2D eigenvalue weighted by Crippen LogP contribution is -2.07. The highest BCUT2D eigenvalue weighted by atomic mass is 35.5. The van der Waals surface area contributed by atoms with Gasteiger partial charge in [0, 0.05) is 5.39 Å². The van der Waals surface area contributed by atoms with Gasteiger partial charge in [0.1, 0.15) is 38.6 Å². The van der Waals surface area contributed by atoms with Crippen molar-refractivity contribution < 1.29 is 9.52 Å². The number of thioether (sulfide) groups is 1. The predicted octanol–water partition coefficient (Wildman–Crippen LogP) is 4.95. The molecule has 0 radical (unpaired) electrons. The van der Waals surface area contributed by atoms with Gasteiger partial charge in [-0.3, -0.25) is 0 Å².